The molecule has 1 N–H and O–H groups in total. The lowest BCUT2D eigenvalue weighted by atomic mass is 10.1. The van der Waals surface area contributed by atoms with E-state index in [0.29, 0.717) is 17.2 Å². The number of nitrogens with zero attached hydrogens (tertiary/aromatic N) is 1. The van der Waals surface area contributed by atoms with Crippen molar-refractivity contribution in [3.8, 4) is 0 Å². The second-order valence-electron chi connectivity index (χ2n) is 6.96. The Morgan fingerprint density at radius 2 is 1.69 bits per heavy atom. The highest BCUT2D eigenvalue weighted by molar-refractivity contribution is 7.99. The predicted molar refractivity (Wildman–Crippen MR) is 108 cm³/mol. The number of hydrogen-bond acceptors (Lipinski definition) is 3. The predicted octanol–water partition coefficient (Wildman–Crippen LogP) is 4.07. The molecule has 2 aromatic carbocycles. The van der Waals surface area contributed by atoms with Crippen LogP contribution in [0.4, 0.5) is 5.69 Å². The fourth-order valence-corrected chi connectivity index (χ4v) is 4.32. The average Bonchev–Trinajstić information content (AvgIpc) is 3.06. The van der Waals surface area contributed by atoms with E-state index in [0.717, 1.165) is 22.4 Å². The maximum absolute atomic E-state index is 13.0. The Labute approximate surface area is 159 Å². The van der Waals surface area contributed by atoms with Crippen molar-refractivity contribution in [2.75, 3.05) is 16.9 Å². The summed E-state index contributed by atoms with van der Waals surface area (Å²) >= 11 is 1.61. The third-order valence-corrected chi connectivity index (χ3v) is 5.70. The monoisotopic (exact) mass is 368 g/mol. The summed E-state index contributed by atoms with van der Waals surface area (Å²) in [7, 11) is 0. The molecule has 0 saturated carbocycles. The van der Waals surface area contributed by atoms with Gasteiger partial charge in [0.05, 0.1) is 5.88 Å². The topological polar surface area (TPSA) is 49.4 Å². The molecular formula is C21H24N2O2S. The number of carbonyl (C=O) groups is 2. The van der Waals surface area contributed by atoms with Gasteiger partial charge in [0.1, 0.15) is 6.04 Å². The molecule has 1 aliphatic rings. The Morgan fingerprint density at radius 3 is 2.35 bits per heavy atom. The van der Waals surface area contributed by atoms with E-state index < -0.39 is 6.04 Å². The van der Waals surface area contributed by atoms with Gasteiger partial charge < -0.3 is 10.2 Å². The van der Waals surface area contributed by atoms with E-state index in [1.807, 2.05) is 64.1 Å². The van der Waals surface area contributed by atoms with Crippen molar-refractivity contribution < 1.29 is 9.59 Å². The summed E-state index contributed by atoms with van der Waals surface area (Å²) in [5.74, 6) is 0.947. The van der Waals surface area contributed by atoms with Gasteiger partial charge in [-0.3, -0.25) is 9.59 Å². The van der Waals surface area contributed by atoms with Crippen LogP contribution >= 0.6 is 11.8 Å². The summed E-state index contributed by atoms with van der Waals surface area (Å²) in [6.45, 7) is 8.02. The van der Waals surface area contributed by atoms with E-state index in [1.54, 1.807) is 16.7 Å². The largest absolute Gasteiger partial charge is 0.324 e. The average molecular weight is 369 g/mol. The van der Waals surface area contributed by atoms with Gasteiger partial charge in [0, 0.05) is 17.0 Å². The van der Waals surface area contributed by atoms with Gasteiger partial charge in [-0.15, -0.1) is 11.8 Å². The second kappa shape index (κ2) is 7.54. The Balaban J connectivity index is 1.77. The SMILES string of the molecule is Cc1cc(C)cc(C(=O)N2CSCC2C(=O)Nc2ccc(C)c(C)c2)c1. The van der Waals surface area contributed by atoms with E-state index >= 15 is 0 Å². The van der Waals surface area contributed by atoms with Crippen LogP contribution in [0.1, 0.15) is 32.6 Å². The summed E-state index contributed by atoms with van der Waals surface area (Å²) < 4.78 is 0. The van der Waals surface area contributed by atoms with Crippen LogP contribution in [-0.2, 0) is 4.79 Å². The molecule has 1 unspecified atom stereocenters. The van der Waals surface area contributed by atoms with Crippen LogP contribution in [0.2, 0.25) is 0 Å². The van der Waals surface area contributed by atoms with Gasteiger partial charge in [0.2, 0.25) is 5.91 Å². The quantitative estimate of drug-likeness (QED) is 0.888. The van der Waals surface area contributed by atoms with Crippen molar-refractivity contribution in [1.82, 2.24) is 4.90 Å². The van der Waals surface area contributed by atoms with E-state index in [1.165, 1.54) is 5.56 Å². The van der Waals surface area contributed by atoms with Crippen molar-refractivity contribution in [3.05, 3.63) is 64.2 Å². The van der Waals surface area contributed by atoms with Gasteiger partial charge in [-0.1, -0.05) is 23.3 Å². The first-order valence-electron chi connectivity index (χ1n) is 8.70. The van der Waals surface area contributed by atoms with Crippen LogP contribution in [0.3, 0.4) is 0 Å². The lowest BCUT2D eigenvalue weighted by Gasteiger charge is -2.23. The molecule has 1 atom stereocenters. The zero-order valence-corrected chi connectivity index (χ0v) is 16.4. The van der Waals surface area contributed by atoms with Gasteiger partial charge in [0.15, 0.2) is 0 Å². The van der Waals surface area contributed by atoms with Crippen molar-refractivity contribution in [2.45, 2.75) is 33.7 Å². The molecule has 5 heteroatoms. The Hall–Kier alpha value is -2.27. The molecule has 1 aliphatic heterocycles. The fourth-order valence-electron chi connectivity index (χ4n) is 3.17. The number of aryl methyl sites for hydroxylation is 4. The summed E-state index contributed by atoms with van der Waals surface area (Å²) in [5.41, 5.74) is 5.84. The third-order valence-electron chi connectivity index (χ3n) is 4.69. The molecule has 1 saturated heterocycles. The molecular weight excluding hydrogens is 344 g/mol. The Bertz CT molecular complexity index is 843. The van der Waals surface area contributed by atoms with Crippen molar-refractivity contribution in [1.29, 1.82) is 0 Å². The van der Waals surface area contributed by atoms with Crippen LogP contribution in [-0.4, -0.2) is 34.4 Å². The Kier molecular flexibility index (Phi) is 5.37. The minimum absolute atomic E-state index is 0.0814. The third kappa shape index (κ3) is 3.93. The number of amides is 2. The zero-order chi connectivity index (χ0) is 18.8. The molecule has 0 radical (unpaired) electrons. The lowest BCUT2D eigenvalue weighted by Crippen LogP contribution is -2.44. The first kappa shape index (κ1) is 18.5. The highest BCUT2D eigenvalue weighted by atomic mass is 32.2. The normalized spacial score (nSPS) is 16.6. The first-order chi connectivity index (χ1) is 12.3. The van der Waals surface area contributed by atoms with E-state index in [2.05, 4.69) is 5.32 Å². The lowest BCUT2D eigenvalue weighted by molar-refractivity contribution is -0.119. The van der Waals surface area contributed by atoms with Gasteiger partial charge in [-0.25, -0.2) is 0 Å². The zero-order valence-electron chi connectivity index (χ0n) is 15.6. The smallest absolute Gasteiger partial charge is 0.255 e. The number of anilines is 1. The van der Waals surface area contributed by atoms with Crippen LogP contribution in [0.5, 0.6) is 0 Å². The van der Waals surface area contributed by atoms with Gasteiger partial charge in [0.25, 0.3) is 5.91 Å². The van der Waals surface area contributed by atoms with Crippen LogP contribution in [0.25, 0.3) is 0 Å². The van der Waals surface area contributed by atoms with E-state index in [9.17, 15) is 9.59 Å². The highest BCUT2D eigenvalue weighted by Gasteiger charge is 2.35. The maximum Gasteiger partial charge on any atom is 0.255 e. The maximum atomic E-state index is 13.0. The molecule has 0 bridgehead atoms. The van der Waals surface area contributed by atoms with E-state index in [-0.39, 0.29) is 11.8 Å². The van der Waals surface area contributed by atoms with Crippen LogP contribution < -0.4 is 5.32 Å². The number of nitrogens with one attached hydrogen (secondary N) is 1. The van der Waals surface area contributed by atoms with Crippen molar-refractivity contribution in [3.63, 3.8) is 0 Å². The summed E-state index contributed by atoms with van der Waals surface area (Å²) in [6.07, 6.45) is 0. The molecule has 136 valence electrons. The molecule has 0 aliphatic carbocycles. The standard InChI is InChI=1S/C21H24N2O2S/c1-13-7-14(2)9-17(8-13)21(25)23-12-26-11-19(23)20(24)22-18-6-5-15(3)16(4)10-18/h5-10,19H,11-12H2,1-4H3,(H,22,24). The van der Waals surface area contributed by atoms with E-state index in [4.69, 9.17) is 0 Å². The molecule has 2 aromatic rings. The molecule has 4 nitrogen and oxygen atoms in total. The number of carbonyl (C=O) groups excluding carboxylic acids is 2. The summed E-state index contributed by atoms with van der Waals surface area (Å²) in [4.78, 5) is 27.4. The summed E-state index contributed by atoms with van der Waals surface area (Å²) in [6, 6.07) is 11.2. The van der Waals surface area contributed by atoms with Crippen LogP contribution in [0, 0.1) is 27.7 Å². The van der Waals surface area contributed by atoms with Crippen molar-refractivity contribution in [2.24, 2.45) is 0 Å². The minimum Gasteiger partial charge on any atom is -0.324 e. The molecule has 3 rings (SSSR count). The van der Waals surface area contributed by atoms with Gasteiger partial charge >= 0.3 is 0 Å². The molecule has 0 spiro atoms. The highest BCUT2D eigenvalue weighted by Crippen LogP contribution is 2.25. The second-order valence-corrected chi connectivity index (χ2v) is 7.96. The minimum atomic E-state index is -0.449. The number of benzene rings is 2. The molecule has 0 aromatic heterocycles. The molecule has 2 amide bonds. The van der Waals surface area contributed by atoms with Crippen LogP contribution in [0.15, 0.2) is 36.4 Å². The number of rotatable bonds is 3. The Morgan fingerprint density at radius 1 is 1.00 bits per heavy atom. The molecule has 1 fully saturated rings. The summed E-state index contributed by atoms with van der Waals surface area (Å²) in [5, 5.41) is 2.96. The number of hydrogen-bond donors (Lipinski definition) is 1. The van der Waals surface area contributed by atoms with Crippen molar-refractivity contribution >= 4 is 29.3 Å². The molecule has 26 heavy (non-hydrogen) atoms. The fraction of sp³-hybridized carbons (Fsp3) is 0.333. The molecule has 1 heterocycles. The number of thioether (sulfide) groups is 1. The van der Waals surface area contributed by atoms with Gasteiger partial charge in [-0.2, -0.15) is 0 Å². The van der Waals surface area contributed by atoms with Gasteiger partial charge in [-0.05, 0) is 63.1 Å². The first-order valence-corrected chi connectivity index (χ1v) is 9.86.